The quantitative estimate of drug-likeness (QED) is 0.600. The van der Waals surface area contributed by atoms with E-state index in [-0.39, 0.29) is 29.6 Å². The molecular weight excluding hydrogens is 240 g/mol. The zero-order chi connectivity index (χ0) is 18.4. The van der Waals surface area contributed by atoms with Crippen LogP contribution in [0, 0.1) is 0 Å². The summed E-state index contributed by atoms with van der Waals surface area (Å²) in [5.74, 6) is 0. The molecule has 0 heteroatoms. The molecule has 0 aliphatic carbocycles. The van der Waals surface area contributed by atoms with Crippen molar-refractivity contribution in [3.05, 3.63) is 59.6 Å². The zero-order valence-electron chi connectivity index (χ0n) is 17.3. The fourth-order valence-electron chi connectivity index (χ4n) is 2.18. The molecule has 0 aromatic heterocycles. The second-order valence-electron chi connectivity index (χ2n) is 7.30. The third-order valence-corrected chi connectivity index (χ3v) is 3.38. The first-order valence-electron chi connectivity index (χ1n) is 9.08. The van der Waals surface area contributed by atoms with Gasteiger partial charge in [-0.3, -0.25) is 0 Å². The molecule has 0 saturated carbocycles. The second kappa shape index (κ2) is 5.09. The lowest BCUT2D eigenvalue weighted by Crippen LogP contribution is -2.13. The van der Waals surface area contributed by atoms with E-state index in [4.69, 9.17) is 5.48 Å². The summed E-state index contributed by atoms with van der Waals surface area (Å²) in [6, 6.07) is 7.92. The minimum Gasteiger partial charge on any atom is -0.0619 e. The van der Waals surface area contributed by atoms with Gasteiger partial charge in [-0.25, -0.2) is 0 Å². The molecule has 2 aromatic rings. The first-order valence-corrected chi connectivity index (χ1v) is 7.08. The minimum atomic E-state index is -0.443. The van der Waals surface area contributed by atoms with Gasteiger partial charge in [0.1, 0.15) is 0 Å². The van der Waals surface area contributed by atoms with Crippen LogP contribution in [0.2, 0.25) is 0 Å². The molecule has 0 aliphatic heterocycles. The molecular formula is C20H26. The van der Waals surface area contributed by atoms with Crippen LogP contribution in [0.5, 0.6) is 0 Å². The SMILES string of the molecule is [2H]c1c([2H])c(C(C)(C)C)c([2H])c([2H])c1-c1ccccc1C(C)(C)C. The highest BCUT2D eigenvalue weighted by molar-refractivity contribution is 5.69. The van der Waals surface area contributed by atoms with Crippen molar-refractivity contribution >= 4 is 0 Å². The normalized spacial score (nSPS) is 15.3. The van der Waals surface area contributed by atoms with E-state index in [1.807, 2.05) is 45.0 Å². The van der Waals surface area contributed by atoms with E-state index in [1.165, 1.54) is 0 Å². The smallest absolute Gasteiger partial charge is 0.0619 e. The highest BCUT2D eigenvalue weighted by Gasteiger charge is 2.19. The molecule has 0 radical (unpaired) electrons. The Labute approximate surface area is 129 Å². The van der Waals surface area contributed by atoms with Crippen molar-refractivity contribution < 1.29 is 5.48 Å². The predicted molar refractivity (Wildman–Crippen MR) is 89.3 cm³/mol. The lowest BCUT2D eigenvalue weighted by molar-refractivity contribution is 0.589. The standard InChI is InChI=1S/C20H26/c1-19(2,3)16-13-11-15(12-14-16)17-9-7-8-10-18(17)20(4,5)6/h7-14H,1-6H3/i11D,12D,13D,14D. The van der Waals surface area contributed by atoms with Crippen molar-refractivity contribution in [1.29, 1.82) is 0 Å². The molecule has 0 fully saturated rings. The summed E-state index contributed by atoms with van der Waals surface area (Å²) >= 11 is 0. The number of hydrogen-bond donors (Lipinski definition) is 0. The van der Waals surface area contributed by atoms with E-state index >= 15 is 0 Å². The van der Waals surface area contributed by atoms with E-state index in [1.54, 1.807) is 0 Å². The molecule has 0 bridgehead atoms. The van der Waals surface area contributed by atoms with Crippen LogP contribution in [0.25, 0.3) is 11.1 Å². The second-order valence-corrected chi connectivity index (χ2v) is 7.30. The van der Waals surface area contributed by atoms with Gasteiger partial charge in [-0.1, -0.05) is 90.0 Å². The van der Waals surface area contributed by atoms with Gasteiger partial charge in [-0.05, 0) is 33.1 Å². The average molecular weight is 270 g/mol. The molecule has 2 aromatic carbocycles. The van der Waals surface area contributed by atoms with Crippen LogP contribution in [0.1, 0.15) is 58.2 Å². The third-order valence-electron chi connectivity index (χ3n) is 3.38. The Morgan fingerprint density at radius 2 is 1.30 bits per heavy atom. The Hall–Kier alpha value is -1.56. The van der Waals surface area contributed by atoms with Gasteiger partial charge >= 0.3 is 0 Å². The van der Waals surface area contributed by atoms with Gasteiger partial charge in [0.2, 0.25) is 0 Å². The Morgan fingerprint density at radius 1 is 0.750 bits per heavy atom. The Morgan fingerprint density at radius 3 is 1.80 bits per heavy atom. The maximum atomic E-state index is 8.50. The van der Waals surface area contributed by atoms with Crippen LogP contribution in [0.3, 0.4) is 0 Å². The first-order chi connectivity index (χ1) is 10.9. The van der Waals surface area contributed by atoms with Crippen LogP contribution in [0.4, 0.5) is 0 Å². The van der Waals surface area contributed by atoms with E-state index in [2.05, 4.69) is 20.8 Å². The molecule has 0 spiro atoms. The van der Waals surface area contributed by atoms with Gasteiger partial charge in [-0.15, -0.1) is 0 Å². The van der Waals surface area contributed by atoms with Crippen LogP contribution >= 0.6 is 0 Å². The summed E-state index contributed by atoms with van der Waals surface area (Å²) in [5, 5.41) is 0. The molecule has 0 nitrogen and oxygen atoms in total. The van der Waals surface area contributed by atoms with Crippen LogP contribution in [-0.2, 0) is 10.8 Å². The fraction of sp³-hybridized carbons (Fsp3) is 0.400. The Balaban J connectivity index is 2.90. The highest BCUT2D eigenvalue weighted by Crippen LogP contribution is 2.33. The van der Waals surface area contributed by atoms with Crippen molar-refractivity contribution in [2.24, 2.45) is 0 Å². The van der Waals surface area contributed by atoms with Gasteiger partial charge < -0.3 is 0 Å². The van der Waals surface area contributed by atoms with Gasteiger partial charge in [0.15, 0.2) is 0 Å². The number of hydrogen-bond acceptors (Lipinski definition) is 0. The Kier molecular flexibility index (Phi) is 2.60. The van der Waals surface area contributed by atoms with E-state index in [0.717, 1.165) is 11.1 Å². The zero-order valence-corrected chi connectivity index (χ0v) is 13.3. The fourth-order valence-corrected chi connectivity index (χ4v) is 2.18. The van der Waals surface area contributed by atoms with Gasteiger partial charge in [0.05, 0.1) is 5.48 Å². The maximum Gasteiger partial charge on any atom is 0.0629 e. The molecule has 20 heavy (non-hydrogen) atoms. The molecule has 0 unspecified atom stereocenters. The molecule has 106 valence electrons. The summed E-state index contributed by atoms with van der Waals surface area (Å²) in [7, 11) is 0. The van der Waals surface area contributed by atoms with Crippen molar-refractivity contribution in [1.82, 2.24) is 0 Å². The lowest BCUT2D eigenvalue weighted by atomic mass is 9.81. The predicted octanol–water partition coefficient (Wildman–Crippen LogP) is 5.95. The molecule has 0 N–H and O–H groups in total. The van der Waals surface area contributed by atoms with Crippen molar-refractivity contribution in [2.75, 3.05) is 0 Å². The number of benzene rings is 2. The maximum absolute atomic E-state index is 8.50. The van der Waals surface area contributed by atoms with Gasteiger partial charge in [0.25, 0.3) is 0 Å². The molecule has 0 atom stereocenters. The van der Waals surface area contributed by atoms with Gasteiger partial charge in [0, 0.05) is 0 Å². The molecule has 2 rings (SSSR count). The van der Waals surface area contributed by atoms with Crippen molar-refractivity contribution in [3.8, 4) is 11.1 Å². The first kappa shape index (κ1) is 10.2. The summed E-state index contributed by atoms with van der Waals surface area (Å²) in [6.07, 6.45) is 0. The number of rotatable bonds is 1. The summed E-state index contributed by atoms with van der Waals surface area (Å²) in [4.78, 5) is 0. The summed E-state index contributed by atoms with van der Waals surface area (Å²) < 4.78 is 33.8. The molecule has 0 saturated heterocycles. The Bertz CT molecular complexity index is 748. The highest BCUT2D eigenvalue weighted by atomic mass is 14.2. The van der Waals surface area contributed by atoms with Crippen LogP contribution in [0.15, 0.2) is 48.4 Å². The minimum absolute atomic E-state index is 0.0395. The molecule has 0 heterocycles. The van der Waals surface area contributed by atoms with E-state index in [9.17, 15) is 0 Å². The largest absolute Gasteiger partial charge is 0.0629 e. The summed E-state index contributed by atoms with van der Waals surface area (Å²) in [5.41, 5.74) is 2.07. The third kappa shape index (κ3) is 3.12. The monoisotopic (exact) mass is 270 g/mol. The molecule has 0 aliphatic rings. The van der Waals surface area contributed by atoms with Gasteiger partial charge in [-0.2, -0.15) is 0 Å². The summed E-state index contributed by atoms with van der Waals surface area (Å²) in [6.45, 7) is 12.0. The molecule has 0 amide bonds. The van der Waals surface area contributed by atoms with Crippen LogP contribution < -0.4 is 0 Å². The topological polar surface area (TPSA) is 0 Å². The van der Waals surface area contributed by atoms with Crippen molar-refractivity contribution in [3.63, 3.8) is 0 Å². The van der Waals surface area contributed by atoms with E-state index in [0.29, 0.717) is 11.1 Å². The van der Waals surface area contributed by atoms with Crippen molar-refractivity contribution in [2.45, 2.75) is 52.4 Å². The van der Waals surface area contributed by atoms with Crippen LogP contribution in [-0.4, -0.2) is 0 Å². The lowest BCUT2D eigenvalue weighted by Gasteiger charge is -2.24. The van der Waals surface area contributed by atoms with E-state index < -0.39 is 5.41 Å². The average Bonchev–Trinajstić information content (AvgIpc) is 2.43.